The summed E-state index contributed by atoms with van der Waals surface area (Å²) in [6.45, 7) is 2.30. The molecule has 0 aliphatic heterocycles. The molecule has 0 amide bonds. The van der Waals surface area contributed by atoms with Crippen molar-refractivity contribution >= 4 is 8.25 Å². The molecule has 0 saturated heterocycles. The molecular formula is C4H9Na2O3P+2. The van der Waals surface area contributed by atoms with E-state index in [-0.39, 0.29) is 59.1 Å². The van der Waals surface area contributed by atoms with Crippen LogP contribution in [0.2, 0.25) is 0 Å². The van der Waals surface area contributed by atoms with E-state index < -0.39 is 8.25 Å². The van der Waals surface area contributed by atoms with Crippen molar-refractivity contribution in [3.05, 3.63) is 0 Å². The molecule has 1 atom stereocenters. The first-order valence-electron chi connectivity index (χ1n) is 2.54. The van der Waals surface area contributed by atoms with Crippen molar-refractivity contribution in [3.63, 3.8) is 0 Å². The van der Waals surface area contributed by atoms with Gasteiger partial charge in [0.2, 0.25) is 0 Å². The van der Waals surface area contributed by atoms with Gasteiger partial charge in [0.05, 0.1) is 0 Å². The fourth-order valence-electron chi connectivity index (χ4n) is 0.283. The van der Waals surface area contributed by atoms with Crippen molar-refractivity contribution in [3.8, 4) is 0 Å². The summed E-state index contributed by atoms with van der Waals surface area (Å²) in [6.07, 6.45) is 1.77. The molecule has 0 spiro atoms. The minimum absolute atomic E-state index is 0. The first-order chi connectivity index (χ1) is 3.77. The maximum Gasteiger partial charge on any atom is 1.00 e. The Hall–Kier alpha value is 2.02. The molecule has 1 unspecified atom stereocenters. The maximum atomic E-state index is 9.69. The summed E-state index contributed by atoms with van der Waals surface area (Å²) >= 11 is 0. The Labute approximate surface area is 106 Å². The van der Waals surface area contributed by atoms with Gasteiger partial charge in [-0.25, -0.2) is 0 Å². The number of hydrogen-bond donors (Lipinski definition) is 0. The molecule has 0 saturated carbocycles. The Balaban J connectivity index is -0.000000245. The van der Waals surface area contributed by atoms with Crippen molar-refractivity contribution in [2.45, 2.75) is 19.8 Å². The van der Waals surface area contributed by atoms with Gasteiger partial charge in [-0.15, -0.1) is 4.52 Å². The predicted octanol–water partition coefficient (Wildman–Crippen LogP) is -5.17. The quantitative estimate of drug-likeness (QED) is 0.248. The van der Waals surface area contributed by atoms with Crippen LogP contribution < -0.4 is 64.0 Å². The first-order valence-corrected chi connectivity index (χ1v) is 3.64. The second-order valence-corrected chi connectivity index (χ2v) is 2.12. The van der Waals surface area contributed by atoms with E-state index in [0.29, 0.717) is 6.61 Å². The summed E-state index contributed by atoms with van der Waals surface area (Å²) in [4.78, 5) is 9.69. The van der Waals surface area contributed by atoms with Crippen LogP contribution in [-0.4, -0.2) is 6.61 Å². The van der Waals surface area contributed by atoms with Crippen LogP contribution in [0.3, 0.4) is 0 Å². The Morgan fingerprint density at radius 3 is 2.30 bits per heavy atom. The fraction of sp³-hybridized carbons (Fsp3) is 1.00. The van der Waals surface area contributed by atoms with Gasteiger partial charge in [-0.3, -0.25) is 0 Å². The Kier molecular flexibility index (Phi) is 24.4. The molecule has 0 aromatic carbocycles. The van der Waals surface area contributed by atoms with Crippen LogP contribution in [-0.2, 0) is 9.09 Å². The standard InChI is InChI=1S/C4H9O3P.2Na/c1-2-3-4-7-8(5)6;;/h2-4H2,1H3;;/q;2*+1. The number of hydrogen-bond acceptors (Lipinski definition) is 3. The van der Waals surface area contributed by atoms with Gasteiger partial charge in [-0.1, -0.05) is 13.3 Å². The summed E-state index contributed by atoms with van der Waals surface area (Å²) in [5.74, 6) is 0. The van der Waals surface area contributed by atoms with Crippen LogP contribution in [0, 0.1) is 0 Å². The monoisotopic (exact) mass is 182 g/mol. The van der Waals surface area contributed by atoms with E-state index in [1.165, 1.54) is 0 Å². The second-order valence-electron chi connectivity index (χ2n) is 1.41. The summed E-state index contributed by atoms with van der Waals surface area (Å²) in [7, 11) is -2.61. The van der Waals surface area contributed by atoms with Crippen LogP contribution in [0.5, 0.6) is 0 Å². The van der Waals surface area contributed by atoms with E-state index in [1.54, 1.807) is 0 Å². The van der Waals surface area contributed by atoms with Crippen molar-refractivity contribution in [1.29, 1.82) is 0 Å². The molecule has 0 radical (unpaired) electrons. The van der Waals surface area contributed by atoms with Gasteiger partial charge in [0, 0.05) is 0 Å². The topological polar surface area (TPSA) is 49.4 Å². The Morgan fingerprint density at radius 1 is 1.50 bits per heavy atom. The zero-order valence-corrected chi connectivity index (χ0v) is 11.7. The van der Waals surface area contributed by atoms with E-state index >= 15 is 0 Å². The molecule has 0 heterocycles. The van der Waals surface area contributed by atoms with Gasteiger partial charge in [0.15, 0.2) is 0 Å². The van der Waals surface area contributed by atoms with Crippen LogP contribution >= 0.6 is 8.25 Å². The van der Waals surface area contributed by atoms with E-state index in [2.05, 4.69) is 4.52 Å². The maximum absolute atomic E-state index is 9.69. The van der Waals surface area contributed by atoms with E-state index in [1.807, 2.05) is 6.92 Å². The van der Waals surface area contributed by atoms with Crippen molar-refractivity contribution in [2.75, 3.05) is 6.61 Å². The molecule has 0 rings (SSSR count). The zero-order chi connectivity index (χ0) is 6.41. The molecule has 0 aromatic heterocycles. The summed E-state index contributed by atoms with van der Waals surface area (Å²) < 4.78 is 13.9. The molecule has 0 N–H and O–H groups in total. The summed E-state index contributed by atoms with van der Waals surface area (Å²) in [6, 6.07) is 0. The van der Waals surface area contributed by atoms with Gasteiger partial charge in [-0.2, -0.15) is 0 Å². The minimum atomic E-state index is -2.61. The molecule has 0 aliphatic carbocycles. The van der Waals surface area contributed by atoms with Gasteiger partial charge in [-0.05, 0) is 11.0 Å². The van der Waals surface area contributed by atoms with Crippen LogP contribution in [0.1, 0.15) is 19.8 Å². The number of rotatable bonds is 4. The molecule has 3 nitrogen and oxygen atoms in total. The van der Waals surface area contributed by atoms with Gasteiger partial charge < -0.3 is 4.89 Å². The molecule has 0 fully saturated rings. The van der Waals surface area contributed by atoms with E-state index in [4.69, 9.17) is 0 Å². The smallest absolute Gasteiger partial charge is 0.566 e. The number of unbranched alkanes of at least 4 members (excludes halogenated alkanes) is 1. The van der Waals surface area contributed by atoms with Crippen molar-refractivity contribution in [2.24, 2.45) is 0 Å². The Bertz CT molecular complexity index is 80.9. The molecule has 0 aliphatic rings. The van der Waals surface area contributed by atoms with Gasteiger partial charge >= 0.3 is 67.4 Å². The first kappa shape index (κ1) is 17.9. The molecule has 10 heavy (non-hydrogen) atoms. The minimum Gasteiger partial charge on any atom is -0.566 e. The summed E-state index contributed by atoms with van der Waals surface area (Å²) in [5.41, 5.74) is 0. The summed E-state index contributed by atoms with van der Waals surface area (Å²) in [5, 5.41) is 0. The van der Waals surface area contributed by atoms with Crippen molar-refractivity contribution < 1.29 is 73.1 Å². The fourth-order valence-corrected chi connectivity index (χ4v) is 0.562. The molecule has 48 valence electrons. The van der Waals surface area contributed by atoms with Crippen molar-refractivity contribution in [1.82, 2.24) is 0 Å². The second kappa shape index (κ2) is 13.6. The normalized spacial score (nSPS) is 9.20. The third-order valence-corrected chi connectivity index (χ3v) is 1.09. The molecular weight excluding hydrogens is 173 g/mol. The average molecular weight is 182 g/mol. The predicted molar refractivity (Wildman–Crippen MR) is 28.5 cm³/mol. The SMILES string of the molecule is CCCCO[P+](=O)[O-].[Na+].[Na+]. The largest absolute Gasteiger partial charge is 1.00 e. The van der Waals surface area contributed by atoms with Crippen LogP contribution in [0.4, 0.5) is 0 Å². The molecule has 0 bridgehead atoms. The average Bonchev–Trinajstić information content (AvgIpc) is 1.66. The molecule has 0 aromatic rings. The van der Waals surface area contributed by atoms with Gasteiger partial charge in [0.1, 0.15) is 6.61 Å². The third-order valence-electron chi connectivity index (χ3n) is 0.695. The third kappa shape index (κ3) is 16.5. The Morgan fingerprint density at radius 2 is 2.00 bits per heavy atom. The zero-order valence-electron chi connectivity index (χ0n) is 6.79. The van der Waals surface area contributed by atoms with Gasteiger partial charge in [0.25, 0.3) is 0 Å². The van der Waals surface area contributed by atoms with Crippen LogP contribution in [0.15, 0.2) is 0 Å². The molecule has 6 heteroatoms. The van der Waals surface area contributed by atoms with Crippen LogP contribution in [0.25, 0.3) is 0 Å². The van der Waals surface area contributed by atoms with E-state index in [9.17, 15) is 9.46 Å². The van der Waals surface area contributed by atoms with E-state index in [0.717, 1.165) is 12.8 Å².